The zero-order valence-electron chi connectivity index (χ0n) is 20.7. The smallest absolute Gasteiger partial charge is 0.186 e. The summed E-state index contributed by atoms with van der Waals surface area (Å²) in [6, 6.07) is -0.638. The van der Waals surface area contributed by atoms with Gasteiger partial charge in [-0.05, 0) is 48.2 Å². The highest BCUT2D eigenvalue weighted by Crippen LogP contribution is 2.53. The summed E-state index contributed by atoms with van der Waals surface area (Å²) >= 11 is 0. The summed E-state index contributed by atoms with van der Waals surface area (Å²) in [6.45, 7) is 8.22. The summed E-state index contributed by atoms with van der Waals surface area (Å²) in [5.74, 6) is -3.64. The second-order valence-corrected chi connectivity index (χ2v) is 11.4. The Bertz CT molecular complexity index is 833. The highest BCUT2D eigenvalue weighted by Gasteiger charge is 2.71. The Morgan fingerprint density at radius 1 is 1.29 bits per heavy atom. The lowest BCUT2D eigenvalue weighted by molar-refractivity contribution is -0.438. The molecule has 2 aliphatic carbocycles. The van der Waals surface area contributed by atoms with Crippen LogP contribution in [-0.2, 0) is 14.3 Å². The van der Waals surface area contributed by atoms with Crippen molar-refractivity contribution in [3.05, 3.63) is 36.0 Å². The lowest BCUT2D eigenvalue weighted by atomic mass is 9.73. The standard InChI is InChI=1S/C26H41NO7/c1-24(2,11-10-18(29)20(27)16-8-6-5-7-9-16)15-25(3,4)12-13-33-23-19-22(31)21(30)17(14-28)26(19,32)34-23/h6,8-11,17,19-23,28,30-32H,5,7,12-15,27H2,1-4H3. The number of carbonyl (C=O) groups is 1. The Kier molecular flexibility index (Phi) is 8.24. The van der Waals surface area contributed by atoms with E-state index in [1.165, 1.54) is 0 Å². The van der Waals surface area contributed by atoms with Gasteiger partial charge >= 0.3 is 0 Å². The fourth-order valence-electron chi connectivity index (χ4n) is 5.54. The molecule has 0 aromatic heterocycles. The Morgan fingerprint density at radius 2 is 2.00 bits per heavy atom. The van der Waals surface area contributed by atoms with Crippen molar-refractivity contribution < 1.29 is 34.7 Å². The molecule has 2 fully saturated rings. The molecule has 0 aromatic carbocycles. The topological polar surface area (TPSA) is 142 Å². The predicted octanol–water partition coefficient (Wildman–Crippen LogP) is 1.57. The average molecular weight is 480 g/mol. The average Bonchev–Trinajstić information content (AvgIpc) is 2.90. The van der Waals surface area contributed by atoms with Gasteiger partial charge in [0.1, 0.15) is 0 Å². The molecule has 34 heavy (non-hydrogen) atoms. The van der Waals surface area contributed by atoms with Gasteiger partial charge in [0.25, 0.3) is 0 Å². The van der Waals surface area contributed by atoms with Crippen LogP contribution in [0.1, 0.15) is 53.4 Å². The van der Waals surface area contributed by atoms with Gasteiger partial charge < -0.3 is 35.6 Å². The Labute approximate surface area is 202 Å². The van der Waals surface area contributed by atoms with Crippen LogP contribution in [-0.4, -0.2) is 69.8 Å². The van der Waals surface area contributed by atoms with Crippen LogP contribution in [0.2, 0.25) is 0 Å². The Hall–Kier alpha value is -1.39. The van der Waals surface area contributed by atoms with Crippen molar-refractivity contribution in [1.82, 2.24) is 0 Å². The summed E-state index contributed by atoms with van der Waals surface area (Å²) in [5, 5.41) is 40.2. The number of aliphatic hydroxyl groups is 4. The number of hydrogen-bond acceptors (Lipinski definition) is 8. The van der Waals surface area contributed by atoms with E-state index < -0.39 is 48.8 Å². The van der Waals surface area contributed by atoms with Gasteiger partial charge in [-0.15, -0.1) is 0 Å². The molecule has 1 saturated carbocycles. The number of ether oxygens (including phenoxy) is 2. The van der Waals surface area contributed by atoms with Crippen LogP contribution in [0, 0.1) is 22.7 Å². The van der Waals surface area contributed by atoms with Crippen LogP contribution in [0.5, 0.6) is 0 Å². The molecule has 192 valence electrons. The molecular weight excluding hydrogens is 438 g/mol. The number of carbonyl (C=O) groups excluding carboxylic acids is 1. The van der Waals surface area contributed by atoms with Gasteiger partial charge in [-0.3, -0.25) is 4.79 Å². The third-order valence-electron chi connectivity index (χ3n) is 7.32. The van der Waals surface area contributed by atoms with Crippen LogP contribution >= 0.6 is 0 Å². The molecule has 0 radical (unpaired) electrons. The Morgan fingerprint density at radius 3 is 2.62 bits per heavy atom. The molecule has 0 spiro atoms. The lowest BCUT2D eigenvalue weighted by Gasteiger charge is -2.49. The molecule has 1 heterocycles. The highest BCUT2D eigenvalue weighted by atomic mass is 16.8. The molecule has 8 nitrogen and oxygen atoms in total. The summed E-state index contributed by atoms with van der Waals surface area (Å²) in [6.07, 6.45) is 9.54. The van der Waals surface area contributed by atoms with Gasteiger partial charge in [-0.2, -0.15) is 0 Å². The van der Waals surface area contributed by atoms with E-state index in [1.54, 1.807) is 6.08 Å². The van der Waals surface area contributed by atoms with E-state index in [9.17, 15) is 25.2 Å². The molecule has 3 aliphatic rings. The molecule has 6 N–H and O–H groups in total. The van der Waals surface area contributed by atoms with Crippen molar-refractivity contribution in [3.8, 4) is 0 Å². The van der Waals surface area contributed by atoms with Crippen molar-refractivity contribution >= 4 is 5.78 Å². The van der Waals surface area contributed by atoms with Gasteiger partial charge in [0, 0.05) is 0 Å². The number of rotatable bonds is 11. The minimum absolute atomic E-state index is 0.111. The second kappa shape index (κ2) is 10.3. The van der Waals surface area contributed by atoms with Gasteiger partial charge in [-0.25, -0.2) is 0 Å². The van der Waals surface area contributed by atoms with E-state index in [2.05, 4.69) is 27.7 Å². The maximum absolute atomic E-state index is 12.6. The quantitative estimate of drug-likeness (QED) is 0.281. The van der Waals surface area contributed by atoms with Crippen molar-refractivity contribution in [3.63, 3.8) is 0 Å². The number of aliphatic hydroxyl groups excluding tert-OH is 3. The number of allylic oxidation sites excluding steroid dienone is 3. The third kappa shape index (κ3) is 5.70. The SMILES string of the molecule is CC(C)(C=CC(=O)C(N)C1=CCCC=C1)CC(C)(C)CCOC1OC2(O)C(CO)C(O)C(O)C12. The van der Waals surface area contributed by atoms with E-state index in [4.69, 9.17) is 15.2 Å². The summed E-state index contributed by atoms with van der Waals surface area (Å²) < 4.78 is 11.2. The summed E-state index contributed by atoms with van der Waals surface area (Å²) in [5.41, 5.74) is 6.62. The van der Waals surface area contributed by atoms with Gasteiger partial charge in [0.05, 0.1) is 43.3 Å². The zero-order valence-corrected chi connectivity index (χ0v) is 20.7. The van der Waals surface area contributed by atoms with Crippen molar-refractivity contribution in [2.24, 2.45) is 28.4 Å². The first-order valence-corrected chi connectivity index (χ1v) is 12.2. The molecule has 1 saturated heterocycles. The van der Waals surface area contributed by atoms with E-state index in [-0.39, 0.29) is 16.6 Å². The fraction of sp³-hybridized carbons (Fsp3) is 0.731. The minimum atomic E-state index is -1.77. The van der Waals surface area contributed by atoms with Gasteiger partial charge in [0.2, 0.25) is 0 Å². The second-order valence-electron chi connectivity index (χ2n) is 11.4. The van der Waals surface area contributed by atoms with Crippen LogP contribution in [0.3, 0.4) is 0 Å². The molecular formula is C26H41NO7. The maximum atomic E-state index is 12.6. The fourth-order valence-corrected chi connectivity index (χ4v) is 5.54. The van der Waals surface area contributed by atoms with Crippen LogP contribution in [0.25, 0.3) is 0 Å². The molecule has 0 bridgehead atoms. The number of hydrogen-bond donors (Lipinski definition) is 5. The minimum Gasteiger partial charge on any atom is -0.396 e. The number of nitrogens with two attached hydrogens (primary N) is 1. The molecule has 0 amide bonds. The maximum Gasteiger partial charge on any atom is 0.186 e. The monoisotopic (exact) mass is 479 g/mol. The normalized spacial score (nSPS) is 34.6. The molecule has 3 rings (SSSR count). The first-order chi connectivity index (χ1) is 15.8. The third-order valence-corrected chi connectivity index (χ3v) is 7.32. The highest BCUT2D eigenvalue weighted by molar-refractivity contribution is 5.97. The molecule has 0 aromatic rings. The van der Waals surface area contributed by atoms with Crippen molar-refractivity contribution in [1.29, 1.82) is 0 Å². The summed E-state index contributed by atoms with van der Waals surface area (Å²) in [4.78, 5) is 12.6. The van der Waals surface area contributed by atoms with Crippen LogP contribution in [0.15, 0.2) is 36.0 Å². The zero-order chi connectivity index (χ0) is 25.3. The van der Waals surface area contributed by atoms with E-state index in [1.807, 2.05) is 24.3 Å². The van der Waals surface area contributed by atoms with Crippen molar-refractivity contribution in [2.45, 2.75) is 83.7 Å². The lowest BCUT2D eigenvalue weighted by Crippen LogP contribution is -2.63. The molecule has 7 atom stereocenters. The first kappa shape index (κ1) is 27.2. The van der Waals surface area contributed by atoms with E-state index >= 15 is 0 Å². The molecule has 7 unspecified atom stereocenters. The van der Waals surface area contributed by atoms with Crippen molar-refractivity contribution in [2.75, 3.05) is 13.2 Å². The molecule has 1 aliphatic heterocycles. The molecule has 8 heteroatoms. The van der Waals surface area contributed by atoms with Gasteiger partial charge in [0.15, 0.2) is 17.9 Å². The summed E-state index contributed by atoms with van der Waals surface area (Å²) in [7, 11) is 0. The number of ketones is 1. The van der Waals surface area contributed by atoms with Crippen LogP contribution in [0.4, 0.5) is 0 Å². The largest absolute Gasteiger partial charge is 0.396 e. The van der Waals surface area contributed by atoms with E-state index in [0.717, 1.165) is 24.8 Å². The van der Waals surface area contributed by atoms with E-state index in [0.29, 0.717) is 13.0 Å². The Balaban J connectivity index is 1.48. The van der Waals surface area contributed by atoms with Gasteiger partial charge in [-0.1, -0.05) is 52.0 Å². The van der Waals surface area contributed by atoms with Crippen LogP contribution < -0.4 is 5.73 Å². The predicted molar refractivity (Wildman–Crippen MR) is 127 cm³/mol. The first-order valence-electron chi connectivity index (χ1n) is 12.2. The number of fused-ring (bicyclic) bond motifs is 1.